The lowest BCUT2D eigenvalue weighted by Gasteiger charge is -2.26. The topological polar surface area (TPSA) is 111 Å². The molecule has 0 radical (unpaired) electrons. The lowest BCUT2D eigenvalue weighted by Crippen LogP contribution is -2.44. The van der Waals surface area contributed by atoms with Crippen molar-refractivity contribution in [2.75, 3.05) is 47.5 Å². The van der Waals surface area contributed by atoms with Crippen LogP contribution in [0.4, 0.5) is 0 Å². The first-order valence-electron chi connectivity index (χ1n) is 31.0. The molecule has 9 heteroatoms. The molecule has 9 nitrogen and oxygen atoms in total. The van der Waals surface area contributed by atoms with Crippen molar-refractivity contribution in [3.8, 4) is 0 Å². The molecule has 0 rings (SSSR count). The number of unbranched alkanes of at least 4 members (excludes halogenated alkanes) is 23. The first kappa shape index (κ1) is 73.0. The summed E-state index contributed by atoms with van der Waals surface area (Å²) >= 11 is 0. The Hall–Kier alpha value is -4.05. The van der Waals surface area contributed by atoms with Crippen LogP contribution in [-0.2, 0) is 33.3 Å². The van der Waals surface area contributed by atoms with Gasteiger partial charge in [0.2, 0.25) is 0 Å². The zero-order valence-corrected chi connectivity index (χ0v) is 50.0. The molecule has 0 saturated carbocycles. The summed E-state index contributed by atoms with van der Waals surface area (Å²) in [6.45, 7) is 4.60. The van der Waals surface area contributed by atoms with E-state index in [-0.39, 0.29) is 38.6 Å². The number of carboxylic acids is 1. The van der Waals surface area contributed by atoms with Gasteiger partial charge in [0.15, 0.2) is 12.4 Å². The van der Waals surface area contributed by atoms with Crippen molar-refractivity contribution in [3.63, 3.8) is 0 Å². The molecule has 0 aromatic carbocycles. The Balaban J connectivity index is 4.21. The van der Waals surface area contributed by atoms with Crippen LogP contribution in [-0.4, -0.2) is 82.3 Å². The van der Waals surface area contributed by atoms with E-state index >= 15 is 0 Å². The highest BCUT2D eigenvalue weighted by molar-refractivity contribution is 5.70. The van der Waals surface area contributed by atoms with Gasteiger partial charge in [-0.15, -0.1) is 0 Å². The van der Waals surface area contributed by atoms with Gasteiger partial charge in [-0.1, -0.05) is 239 Å². The number of carboxylic acid groups (broad SMARTS) is 1. The minimum absolute atomic E-state index is 0.142. The fourth-order valence-electron chi connectivity index (χ4n) is 8.25. The lowest BCUT2D eigenvalue weighted by molar-refractivity contribution is -0.870. The number of hydrogen-bond donors (Lipinski definition) is 0. The van der Waals surface area contributed by atoms with E-state index in [1.165, 1.54) is 109 Å². The summed E-state index contributed by atoms with van der Waals surface area (Å²) in [7, 11) is 5.92. The second-order valence-corrected chi connectivity index (χ2v) is 21.6. The molecule has 440 valence electrons. The van der Waals surface area contributed by atoms with E-state index in [0.717, 1.165) is 103 Å². The molecule has 0 fully saturated rings. The molecule has 2 atom stereocenters. The molecule has 0 N–H and O–H groups in total. The summed E-state index contributed by atoms with van der Waals surface area (Å²) < 4.78 is 22.7. The van der Waals surface area contributed by atoms with Crippen molar-refractivity contribution >= 4 is 17.9 Å². The van der Waals surface area contributed by atoms with Gasteiger partial charge in [0, 0.05) is 12.8 Å². The highest BCUT2D eigenvalue weighted by Crippen LogP contribution is 2.15. The molecule has 0 bridgehead atoms. The van der Waals surface area contributed by atoms with Gasteiger partial charge in [-0.05, 0) is 103 Å². The van der Waals surface area contributed by atoms with Crippen LogP contribution in [0.5, 0.6) is 0 Å². The standard InChI is InChI=1S/C68H115NO8/c1-6-8-10-12-14-16-18-20-22-24-26-27-28-29-30-31-32-33-34-35-36-37-38-39-41-43-45-47-49-51-53-55-57-59-66(71)77-64(63-76-68(67(72)73)74-61-60-69(3,4)5)62-75-65(70)58-56-54-52-50-48-46-44-42-40-25-23-21-19-17-15-13-11-9-7-2/h8,10,14-17,20-23,26-27,29-30,32-33,35-36,64,68H,6-7,9,11-13,18-19,24-25,28,31,34,37-63H2,1-5H3/b10-8-,16-14-,17-15-,22-20-,23-21-,27-26-,30-29-,33-32-,36-35-. The molecule has 77 heavy (non-hydrogen) atoms. The SMILES string of the molecule is CC/C=C\C/C=C\C/C=C\C/C=C\C/C=C\C/C=C\C/C=C\CCCCCCCCCCCCCC(=O)OC(COC(=O)CCCCCCCCCCC/C=C\C/C=C\CCCCC)COC(OCC[N+](C)(C)C)C(=O)[O-]. The van der Waals surface area contributed by atoms with Crippen LogP contribution >= 0.6 is 0 Å². The van der Waals surface area contributed by atoms with Crippen LogP contribution < -0.4 is 5.11 Å². The average Bonchev–Trinajstić information content (AvgIpc) is 3.40. The molecular weight excluding hydrogens is 959 g/mol. The normalized spacial score (nSPS) is 13.5. The number of hydrogen-bond acceptors (Lipinski definition) is 8. The maximum atomic E-state index is 12.9. The maximum absolute atomic E-state index is 12.9. The van der Waals surface area contributed by atoms with Crippen molar-refractivity contribution in [3.05, 3.63) is 109 Å². The number of esters is 2. The molecule has 0 spiro atoms. The Morgan fingerprint density at radius 2 is 0.740 bits per heavy atom. The molecule has 0 aromatic rings. The number of carbonyl (C=O) groups excluding carboxylic acids is 3. The summed E-state index contributed by atoms with van der Waals surface area (Å²) in [6, 6.07) is 0. The Morgan fingerprint density at radius 3 is 1.10 bits per heavy atom. The summed E-state index contributed by atoms with van der Waals surface area (Å²) in [5.41, 5.74) is 0. The fourth-order valence-corrected chi connectivity index (χ4v) is 8.25. The van der Waals surface area contributed by atoms with E-state index < -0.39 is 24.3 Å². The number of likely N-dealkylation sites (N-methyl/N-ethyl adjacent to an activating group) is 1. The van der Waals surface area contributed by atoms with E-state index in [4.69, 9.17) is 18.9 Å². The van der Waals surface area contributed by atoms with Crippen LogP contribution in [0.1, 0.15) is 245 Å². The van der Waals surface area contributed by atoms with E-state index in [1.54, 1.807) is 0 Å². The molecule has 0 aliphatic carbocycles. The Bertz CT molecular complexity index is 1630. The molecule has 0 aliphatic rings. The van der Waals surface area contributed by atoms with Gasteiger partial charge < -0.3 is 33.3 Å². The number of nitrogens with zero attached hydrogens (tertiary/aromatic N) is 1. The third kappa shape index (κ3) is 59.5. The van der Waals surface area contributed by atoms with Gasteiger partial charge in [0.1, 0.15) is 13.2 Å². The van der Waals surface area contributed by atoms with Crippen LogP contribution in [0.3, 0.4) is 0 Å². The smallest absolute Gasteiger partial charge is 0.306 e. The predicted molar refractivity (Wildman–Crippen MR) is 324 cm³/mol. The Morgan fingerprint density at radius 1 is 0.403 bits per heavy atom. The number of rotatable bonds is 56. The van der Waals surface area contributed by atoms with Crippen molar-refractivity contribution in [2.45, 2.75) is 257 Å². The van der Waals surface area contributed by atoms with Gasteiger partial charge in [0.25, 0.3) is 0 Å². The van der Waals surface area contributed by atoms with Gasteiger partial charge in [0.05, 0.1) is 40.3 Å². The van der Waals surface area contributed by atoms with E-state index in [1.807, 2.05) is 21.1 Å². The van der Waals surface area contributed by atoms with E-state index in [2.05, 4.69) is 123 Å². The largest absolute Gasteiger partial charge is 0.545 e. The summed E-state index contributed by atoms with van der Waals surface area (Å²) in [5, 5.41) is 11.8. The van der Waals surface area contributed by atoms with Gasteiger partial charge in [-0.2, -0.15) is 0 Å². The second-order valence-electron chi connectivity index (χ2n) is 21.6. The van der Waals surface area contributed by atoms with Crippen molar-refractivity contribution in [1.29, 1.82) is 0 Å². The molecule has 2 unspecified atom stereocenters. The Kier molecular flexibility index (Phi) is 55.1. The van der Waals surface area contributed by atoms with E-state index in [0.29, 0.717) is 17.4 Å². The predicted octanol–water partition coefficient (Wildman–Crippen LogP) is 17.3. The van der Waals surface area contributed by atoms with Crippen LogP contribution in [0, 0.1) is 0 Å². The summed E-state index contributed by atoms with van der Waals surface area (Å²) in [6.07, 6.45) is 77.1. The van der Waals surface area contributed by atoms with Crippen LogP contribution in [0.25, 0.3) is 0 Å². The van der Waals surface area contributed by atoms with Gasteiger partial charge in [-0.3, -0.25) is 9.59 Å². The number of aliphatic carboxylic acids is 1. The van der Waals surface area contributed by atoms with Gasteiger partial charge >= 0.3 is 11.9 Å². The quantitative estimate of drug-likeness (QED) is 0.0195. The molecule has 0 saturated heterocycles. The third-order valence-corrected chi connectivity index (χ3v) is 13.0. The second kappa shape index (κ2) is 58.1. The number of quaternary nitrogens is 1. The Labute approximate surface area is 473 Å². The molecule has 0 aromatic heterocycles. The van der Waals surface area contributed by atoms with Crippen LogP contribution in [0.2, 0.25) is 0 Å². The fraction of sp³-hybridized carbons (Fsp3) is 0.691. The maximum Gasteiger partial charge on any atom is 0.306 e. The minimum Gasteiger partial charge on any atom is -0.545 e. The van der Waals surface area contributed by atoms with Gasteiger partial charge in [-0.25, -0.2) is 0 Å². The zero-order valence-electron chi connectivity index (χ0n) is 50.0. The molecule has 0 aliphatic heterocycles. The first-order chi connectivity index (χ1) is 37.6. The first-order valence-corrected chi connectivity index (χ1v) is 31.0. The average molecular weight is 1070 g/mol. The number of allylic oxidation sites excluding steroid dienone is 18. The highest BCUT2D eigenvalue weighted by Gasteiger charge is 2.22. The molecule has 0 amide bonds. The van der Waals surface area contributed by atoms with Crippen molar-refractivity contribution < 1.29 is 42.9 Å². The minimum atomic E-state index is -1.63. The van der Waals surface area contributed by atoms with Crippen molar-refractivity contribution in [2.24, 2.45) is 0 Å². The third-order valence-electron chi connectivity index (χ3n) is 13.0. The molecule has 0 heterocycles. The van der Waals surface area contributed by atoms with Crippen molar-refractivity contribution in [1.82, 2.24) is 0 Å². The zero-order chi connectivity index (χ0) is 56.2. The lowest BCUT2D eigenvalue weighted by atomic mass is 10.0. The van der Waals surface area contributed by atoms with Crippen LogP contribution in [0.15, 0.2) is 109 Å². The number of ether oxygens (including phenoxy) is 4. The summed E-state index contributed by atoms with van der Waals surface area (Å²) in [4.78, 5) is 37.4. The van der Waals surface area contributed by atoms with E-state index in [9.17, 15) is 19.5 Å². The monoisotopic (exact) mass is 1070 g/mol. The number of carbonyl (C=O) groups is 3. The highest BCUT2D eigenvalue weighted by atomic mass is 16.7. The molecular formula is C68H115NO8. The summed E-state index contributed by atoms with van der Waals surface area (Å²) in [5.74, 6) is -2.30.